The Morgan fingerprint density at radius 1 is 0.750 bits per heavy atom. The molecule has 3 aromatic rings. The molecule has 120 valence electrons. The molecule has 1 aliphatic rings. The number of epoxide rings is 1. The molecule has 0 amide bonds. The lowest BCUT2D eigenvalue weighted by molar-refractivity contribution is 0.401. The molecule has 1 saturated heterocycles. The van der Waals surface area contributed by atoms with Crippen molar-refractivity contribution in [1.82, 2.24) is 0 Å². The van der Waals surface area contributed by atoms with E-state index in [1.165, 1.54) is 12.1 Å². The minimum Gasteiger partial charge on any atom is -0.368 e. The lowest BCUT2D eigenvalue weighted by atomic mass is 9.98. The van der Waals surface area contributed by atoms with Gasteiger partial charge in [0.25, 0.3) is 0 Å². The lowest BCUT2D eigenvalue weighted by Crippen LogP contribution is -1.96. The zero-order chi connectivity index (χ0) is 16.7. The minimum atomic E-state index is -0.874. The molecule has 1 atom stereocenters. The van der Waals surface area contributed by atoms with Gasteiger partial charge in [-0.2, -0.15) is 0 Å². The molecule has 0 saturated carbocycles. The first-order valence-electron chi connectivity index (χ1n) is 7.59. The van der Waals surface area contributed by atoms with Crippen LogP contribution in [-0.2, 0) is 4.74 Å². The third-order valence-electron chi connectivity index (χ3n) is 4.15. The second-order valence-electron chi connectivity index (χ2n) is 5.74. The van der Waals surface area contributed by atoms with E-state index in [4.69, 9.17) is 4.74 Å². The quantitative estimate of drug-likeness (QED) is 0.578. The van der Waals surface area contributed by atoms with Crippen molar-refractivity contribution in [3.63, 3.8) is 0 Å². The number of ether oxygens (including phenoxy) is 1. The van der Waals surface area contributed by atoms with Gasteiger partial charge in [0.15, 0.2) is 11.6 Å². The Morgan fingerprint density at radius 3 is 2.12 bits per heavy atom. The highest BCUT2D eigenvalue weighted by atomic mass is 19.2. The summed E-state index contributed by atoms with van der Waals surface area (Å²) in [6.45, 7) is 0.429. The first-order valence-corrected chi connectivity index (χ1v) is 7.59. The van der Waals surface area contributed by atoms with Crippen molar-refractivity contribution >= 4 is 0 Å². The number of benzene rings is 3. The Balaban J connectivity index is 1.69. The molecule has 0 spiro atoms. The topological polar surface area (TPSA) is 12.5 Å². The zero-order valence-corrected chi connectivity index (χ0v) is 12.6. The van der Waals surface area contributed by atoms with Gasteiger partial charge in [-0.1, -0.05) is 48.5 Å². The van der Waals surface area contributed by atoms with Gasteiger partial charge >= 0.3 is 0 Å². The van der Waals surface area contributed by atoms with E-state index in [1.807, 2.05) is 0 Å². The van der Waals surface area contributed by atoms with E-state index in [0.717, 1.165) is 11.1 Å². The molecule has 0 radical (unpaired) electrons. The Kier molecular flexibility index (Phi) is 3.62. The fourth-order valence-corrected chi connectivity index (χ4v) is 2.77. The molecule has 1 aliphatic heterocycles. The summed E-state index contributed by atoms with van der Waals surface area (Å²) in [6, 6.07) is 16.3. The highest BCUT2D eigenvalue weighted by Crippen LogP contribution is 2.36. The SMILES string of the molecule is Fc1cccc(-c2ccc(-c3ccc(C4CO4)c(F)c3F)cc2)c1. The van der Waals surface area contributed by atoms with Crippen LogP contribution in [0.25, 0.3) is 22.3 Å². The molecular formula is C20H13F3O. The summed E-state index contributed by atoms with van der Waals surface area (Å²) >= 11 is 0. The molecule has 24 heavy (non-hydrogen) atoms. The second kappa shape index (κ2) is 5.80. The normalized spacial score (nSPS) is 16.2. The molecule has 4 rings (SSSR count). The van der Waals surface area contributed by atoms with Crippen molar-refractivity contribution in [2.45, 2.75) is 6.10 Å². The zero-order valence-electron chi connectivity index (χ0n) is 12.6. The van der Waals surface area contributed by atoms with Gasteiger partial charge in [0.2, 0.25) is 0 Å². The molecule has 1 fully saturated rings. The third kappa shape index (κ3) is 2.69. The van der Waals surface area contributed by atoms with Crippen LogP contribution in [0.3, 0.4) is 0 Å². The Hall–Kier alpha value is -2.59. The monoisotopic (exact) mass is 326 g/mol. The van der Waals surface area contributed by atoms with E-state index in [-0.39, 0.29) is 23.0 Å². The van der Waals surface area contributed by atoms with Crippen molar-refractivity contribution in [1.29, 1.82) is 0 Å². The van der Waals surface area contributed by atoms with Crippen LogP contribution in [0.15, 0.2) is 60.7 Å². The molecule has 0 N–H and O–H groups in total. The lowest BCUT2D eigenvalue weighted by Gasteiger charge is -2.09. The molecule has 1 nitrogen and oxygen atoms in total. The molecule has 1 heterocycles. The predicted molar refractivity (Wildman–Crippen MR) is 85.9 cm³/mol. The summed E-state index contributed by atoms with van der Waals surface area (Å²) in [5.74, 6) is -2.05. The van der Waals surface area contributed by atoms with E-state index >= 15 is 0 Å². The largest absolute Gasteiger partial charge is 0.368 e. The van der Waals surface area contributed by atoms with Gasteiger partial charge in [0.05, 0.1) is 6.61 Å². The maximum atomic E-state index is 14.3. The minimum absolute atomic E-state index is 0.197. The first kappa shape index (κ1) is 15.0. The van der Waals surface area contributed by atoms with Gasteiger partial charge in [-0.25, -0.2) is 13.2 Å². The maximum Gasteiger partial charge on any atom is 0.167 e. The number of hydrogen-bond acceptors (Lipinski definition) is 1. The van der Waals surface area contributed by atoms with Crippen molar-refractivity contribution in [2.24, 2.45) is 0 Å². The van der Waals surface area contributed by atoms with E-state index in [0.29, 0.717) is 12.2 Å². The smallest absolute Gasteiger partial charge is 0.167 e. The summed E-state index contributed by atoms with van der Waals surface area (Å²) in [7, 11) is 0. The van der Waals surface area contributed by atoms with Crippen molar-refractivity contribution in [3.05, 3.63) is 83.7 Å². The molecular weight excluding hydrogens is 313 g/mol. The van der Waals surface area contributed by atoms with E-state index in [2.05, 4.69) is 0 Å². The second-order valence-corrected chi connectivity index (χ2v) is 5.74. The standard InChI is InChI=1S/C20H13F3O/c21-15-3-1-2-14(10-15)12-4-6-13(7-5-12)16-8-9-17(18-11-24-18)20(23)19(16)22/h1-10,18H,11H2. The first-order chi connectivity index (χ1) is 11.6. The molecule has 0 aliphatic carbocycles. The molecule has 1 unspecified atom stereocenters. The van der Waals surface area contributed by atoms with E-state index in [1.54, 1.807) is 48.5 Å². The predicted octanol–water partition coefficient (Wildman–Crippen LogP) is 5.51. The fourth-order valence-electron chi connectivity index (χ4n) is 2.77. The summed E-state index contributed by atoms with van der Waals surface area (Å²) in [5, 5.41) is 0. The van der Waals surface area contributed by atoms with Gasteiger partial charge in [0, 0.05) is 11.1 Å². The van der Waals surface area contributed by atoms with Crippen LogP contribution in [0.2, 0.25) is 0 Å². The van der Waals surface area contributed by atoms with Crippen molar-refractivity contribution in [3.8, 4) is 22.3 Å². The molecule has 4 heteroatoms. The van der Waals surface area contributed by atoms with Crippen LogP contribution < -0.4 is 0 Å². The summed E-state index contributed by atoms with van der Waals surface area (Å²) in [6.07, 6.45) is -0.330. The Morgan fingerprint density at radius 2 is 1.46 bits per heavy atom. The summed E-state index contributed by atoms with van der Waals surface area (Å²) < 4.78 is 46.8. The number of halogens is 3. The maximum absolute atomic E-state index is 14.3. The average molecular weight is 326 g/mol. The van der Waals surface area contributed by atoms with Crippen LogP contribution >= 0.6 is 0 Å². The van der Waals surface area contributed by atoms with Crippen LogP contribution in [0, 0.1) is 17.5 Å². The molecule has 0 aromatic heterocycles. The average Bonchev–Trinajstić information content (AvgIpc) is 3.42. The summed E-state index contributed by atoms with van der Waals surface area (Å²) in [4.78, 5) is 0. The van der Waals surface area contributed by atoms with Gasteiger partial charge in [-0.3, -0.25) is 0 Å². The van der Waals surface area contributed by atoms with Crippen LogP contribution in [-0.4, -0.2) is 6.61 Å². The van der Waals surface area contributed by atoms with Gasteiger partial charge in [-0.05, 0) is 28.8 Å². The van der Waals surface area contributed by atoms with Crippen LogP contribution in [0.5, 0.6) is 0 Å². The highest BCUT2D eigenvalue weighted by Gasteiger charge is 2.30. The van der Waals surface area contributed by atoms with Crippen LogP contribution in [0.1, 0.15) is 11.7 Å². The van der Waals surface area contributed by atoms with Crippen molar-refractivity contribution in [2.75, 3.05) is 6.61 Å². The highest BCUT2D eigenvalue weighted by molar-refractivity contribution is 5.71. The van der Waals surface area contributed by atoms with Gasteiger partial charge < -0.3 is 4.74 Å². The molecule has 0 bridgehead atoms. The van der Waals surface area contributed by atoms with Gasteiger partial charge in [-0.15, -0.1) is 0 Å². The summed E-state index contributed by atoms with van der Waals surface area (Å²) in [5.41, 5.74) is 2.56. The van der Waals surface area contributed by atoms with Crippen LogP contribution in [0.4, 0.5) is 13.2 Å². The fraction of sp³-hybridized carbons (Fsp3) is 0.100. The number of rotatable bonds is 3. The van der Waals surface area contributed by atoms with E-state index in [9.17, 15) is 13.2 Å². The third-order valence-corrected chi connectivity index (χ3v) is 4.15. The van der Waals surface area contributed by atoms with Gasteiger partial charge in [0.1, 0.15) is 11.9 Å². The number of hydrogen-bond donors (Lipinski definition) is 0. The Bertz CT molecular complexity index is 899. The molecule has 3 aromatic carbocycles. The van der Waals surface area contributed by atoms with Crippen molar-refractivity contribution < 1.29 is 17.9 Å². The van der Waals surface area contributed by atoms with E-state index < -0.39 is 11.6 Å². The Labute approximate surface area is 137 Å².